The number of fused-ring (bicyclic) bond motifs is 1. The maximum Gasteiger partial charge on any atom is 0.248 e. The Labute approximate surface area is 180 Å². The minimum absolute atomic E-state index is 0.0589. The molecule has 1 fully saturated rings. The number of amides is 2. The average molecular weight is 426 g/mol. The van der Waals surface area contributed by atoms with Crippen LogP contribution in [0, 0.1) is 0 Å². The molecule has 8 heteroatoms. The smallest absolute Gasteiger partial charge is 0.248 e. The fourth-order valence-electron chi connectivity index (χ4n) is 3.48. The fraction of sp³-hybridized carbons (Fsp3) is 0.455. The molecule has 1 aliphatic carbocycles. The van der Waals surface area contributed by atoms with E-state index in [1.54, 1.807) is 9.58 Å². The van der Waals surface area contributed by atoms with E-state index in [4.69, 9.17) is 0 Å². The van der Waals surface area contributed by atoms with Gasteiger partial charge in [0.1, 0.15) is 18.1 Å². The summed E-state index contributed by atoms with van der Waals surface area (Å²) in [5, 5.41) is 13.4. The van der Waals surface area contributed by atoms with Gasteiger partial charge >= 0.3 is 0 Å². The number of benzene rings is 1. The van der Waals surface area contributed by atoms with E-state index in [2.05, 4.69) is 15.6 Å². The van der Waals surface area contributed by atoms with Crippen molar-refractivity contribution in [3.8, 4) is 0 Å². The van der Waals surface area contributed by atoms with Crippen molar-refractivity contribution in [3.63, 3.8) is 0 Å². The second kappa shape index (κ2) is 8.18. The third kappa shape index (κ3) is 4.23. The fourth-order valence-corrected chi connectivity index (χ4v) is 4.31. The summed E-state index contributed by atoms with van der Waals surface area (Å²) in [6.45, 7) is 6.10. The SMILES string of the molecule is CCC(C)(C)NC(=O)C(c1cccs1)N(C(=O)Cn1nnc2ccccc21)C1CC1. The summed E-state index contributed by atoms with van der Waals surface area (Å²) in [6, 6.07) is 10.9. The summed E-state index contributed by atoms with van der Waals surface area (Å²) in [6.07, 6.45) is 2.63. The van der Waals surface area contributed by atoms with Crippen LogP contribution in [0.2, 0.25) is 0 Å². The topological polar surface area (TPSA) is 80.1 Å². The molecule has 2 aromatic heterocycles. The number of hydrogen-bond donors (Lipinski definition) is 1. The number of rotatable bonds is 8. The summed E-state index contributed by atoms with van der Waals surface area (Å²) in [4.78, 5) is 29.5. The predicted octanol–water partition coefficient (Wildman–Crippen LogP) is 3.53. The molecule has 0 saturated heterocycles. The number of nitrogens with zero attached hydrogens (tertiary/aromatic N) is 4. The molecule has 7 nitrogen and oxygen atoms in total. The Morgan fingerprint density at radius 3 is 2.70 bits per heavy atom. The van der Waals surface area contributed by atoms with Gasteiger partial charge in [0, 0.05) is 16.5 Å². The van der Waals surface area contributed by atoms with Crippen molar-refractivity contribution in [1.29, 1.82) is 0 Å². The van der Waals surface area contributed by atoms with Gasteiger partial charge in [-0.3, -0.25) is 9.59 Å². The van der Waals surface area contributed by atoms with Crippen molar-refractivity contribution in [2.24, 2.45) is 0 Å². The number of carbonyl (C=O) groups excluding carboxylic acids is 2. The van der Waals surface area contributed by atoms with Gasteiger partial charge in [-0.2, -0.15) is 0 Å². The first kappa shape index (κ1) is 20.5. The number of hydrogen-bond acceptors (Lipinski definition) is 5. The molecule has 30 heavy (non-hydrogen) atoms. The third-order valence-corrected chi connectivity index (χ3v) is 6.54. The summed E-state index contributed by atoms with van der Waals surface area (Å²) < 4.78 is 1.62. The highest BCUT2D eigenvalue weighted by Gasteiger charge is 2.42. The summed E-state index contributed by atoms with van der Waals surface area (Å²) in [7, 11) is 0. The van der Waals surface area contributed by atoms with Crippen molar-refractivity contribution in [2.45, 2.75) is 64.2 Å². The molecule has 1 aromatic carbocycles. The van der Waals surface area contributed by atoms with Gasteiger partial charge in [0.2, 0.25) is 11.8 Å². The maximum absolute atomic E-state index is 13.5. The van der Waals surface area contributed by atoms with Crippen LogP contribution in [0.3, 0.4) is 0 Å². The Morgan fingerprint density at radius 1 is 1.27 bits per heavy atom. The lowest BCUT2D eigenvalue weighted by Crippen LogP contribution is -2.51. The van der Waals surface area contributed by atoms with Gasteiger partial charge in [0.05, 0.1) is 5.52 Å². The van der Waals surface area contributed by atoms with Crippen LogP contribution in [-0.2, 0) is 16.1 Å². The van der Waals surface area contributed by atoms with Crippen molar-refractivity contribution in [2.75, 3.05) is 0 Å². The van der Waals surface area contributed by atoms with E-state index in [0.717, 1.165) is 35.2 Å². The molecule has 1 saturated carbocycles. The van der Waals surface area contributed by atoms with Gasteiger partial charge in [-0.15, -0.1) is 16.4 Å². The van der Waals surface area contributed by atoms with Crippen LogP contribution < -0.4 is 5.32 Å². The molecule has 3 aromatic rings. The highest BCUT2D eigenvalue weighted by Crippen LogP contribution is 2.37. The molecule has 1 atom stereocenters. The third-order valence-electron chi connectivity index (χ3n) is 5.62. The number of thiophene rings is 1. The standard InChI is InChI=1S/C22H27N5O2S/c1-4-22(2,3)23-21(29)20(18-10-7-13-30-18)27(15-11-12-15)19(28)14-26-17-9-6-5-8-16(17)24-25-26/h5-10,13,15,20H,4,11-12,14H2,1-3H3,(H,23,29). The zero-order valence-corrected chi connectivity index (χ0v) is 18.4. The quantitative estimate of drug-likeness (QED) is 0.599. The molecule has 0 bridgehead atoms. The largest absolute Gasteiger partial charge is 0.349 e. The molecule has 1 aliphatic rings. The van der Waals surface area contributed by atoms with Gasteiger partial charge in [-0.1, -0.05) is 30.3 Å². The zero-order chi connectivity index (χ0) is 21.3. The second-order valence-electron chi connectivity index (χ2n) is 8.41. The van der Waals surface area contributed by atoms with Crippen LogP contribution in [0.4, 0.5) is 0 Å². The molecule has 0 spiro atoms. The molecule has 1 unspecified atom stereocenters. The van der Waals surface area contributed by atoms with Crippen LogP contribution in [0.5, 0.6) is 0 Å². The summed E-state index contributed by atoms with van der Waals surface area (Å²) in [5.74, 6) is -0.246. The van der Waals surface area contributed by atoms with E-state index in [1.807, 2.05) is 62.5 Å². The molecule has 2 amide bonds. The second-order valence-corrected chi connectivity index (χ2v) is 9.39. The van der Waals surface area contributed by atoms with Crippen molar-refractivity contribution < 1.29 is 9.59 Å². The molecular weight excluding hydrogens is 398 g/mol. The first-order valence-corrected chi connectivity index (χ1v) is 11.2. The molecule has 4 rings (SSSR count). The number of carbonyl (C=O) groups is 2. The highest BCUT2D eigenvalue weighted by atomic mass is 32.1. The molecule has 0 aliphatic heterocycles. The van der Waals surface area contributed by atoms with Crippen LogP contribution in [0.25, 0.3) is 11.0 Å². The van der Waals surface area contributed by atoms with Crippen LogP contribution in [0.15, 0.2) is 41.8 Å². The maximum atomic E-state index is 13.5. The Balaban J connectivity index is 1.64. The number of para-hydroxylation sites is 1. The average Bonchev–Trinajstić information content (AvgIpc) is 3.25. The van der Waals surface area contributed by atoms with Crippen molar-refractivity contribution in [1.82, 2.24) is 25.2 Å². The first-order valence-electron chi connectivity index (χ1n) is 10.3. The van der Waals surface area contributed by atoms with Gasteiger partial charge in [-0.05, 0) is 56.7 Å². The Bertz CT molecular complexity index is 1040. The molecule has 2 heterocycles. The number of nitrogens with one attached hydrogen (secondary N) is 1. The lowest BCUT2D eigenvalue weighted by molar-refractivity contribution is -0.142. The van der Waals surface area contributed by atoms with Crippen molar-refractivity contribution >= 4 is 34.2 Å². The van der Waals surface area contributed by atoms with E-state index in [0.29, 0.717) is 0 Å². The minimum Gasteiger partial charge on any atom is -0.349 e. The van der Waals surface area contributed by atoms with Crippen LogP contribution in [-0.4, -0.2) is 43.3 Å². The Kier molecular flexibility index (Phi) is 5.60. The van der Waals surface area contributed by atoms with Crippen molar-refractivity contribution in [3.05, 3.63) is 46.7 Å². The first-order chi connectivity index (χ1) is 14.4. The molecular formula is C22H27N5O2S. The van der Waals surface area contributed by atoms with Gasteiger partial charge in [-0.25, -0.2) is 4.68 Å². The zero-order valence-electron chi connectivity index (χ0n) is 17.5. The normalized spacial score (nSPS) is 15.2. The highest BCUT2D eigenvalue weighted by molar-refractivity contribution is 7.10. The minimum atomic E-state index is -0.634. The van der Waals surface area contributed by atoms with Crippen LogP contribution >= 0.6 is 11.3 Å². The molecule has 1 N–H and O–H groups in total. The van der Waals surface area contributed by atoms with Gasteiger partial charge in [0.15, 0.2) is 0 Å². The van der Waals surface area contributed by atoms with Crippen LogP contribution in [0.1, 0.15) is 51.0 Å². The van der Waals surface area contributed by atoms with Gasteiger partial charge in [0.25, 0.3) is 0 Å². The van der Waals surface area contributed by atoms with E-state index < -0.39 is 6.04 Å². The van der Waals surface area contributed by atoms with E-state index >= 15 is 0 Å². The number of aromatic nitrogens is 3. The molecule has 158 valence electrons. The van der Waals surface area contributed by atoms with Gasteiger partial charge < -0.3 is 10.2 Å². The van der Waals surface area contributed by atoms with E-state index in [9.17, 15) is 9.59 Å². The summed E-state index contributed by atoms with van der Waals surface area (Å²) in [5.41, 5.74) is 1.22. The van der Waals surface area contributed by atoms with E-state index in [1.165, 1.54) is 11.3 Å². The lowest BCUT2D eigenvalue weighted by Gasteiger charge is -2.34. The Hall–Kier alpha value is -2.74. The van der Waals surface area contributed by atoms with E-state index in [-0.39, 0.29) is 29.9 Å². The predicted molar refractivity (Wildman–Crippen MR) is 117 cm³/mol. The lowest BCUT2D eigenvalue weighted by atomic mass is 10.0. The Morgan fingerprint density at radius 2 is 2.03 bits per heavy atom. The summed E-state index contributed by atoms with van der Waals surface area (Å²) >= 11 is 1.50. The molecule has 0 radical (unpaired) electrons. The monoisotopic (exact) mass is 425 g/mol.